The number of carboxylic acids is 1. The Morgan fingerprint density at radius 2 is 1.92 bits per heavy atom. The minimum absolute atomic E-state index is 0.0517. The lowest BCUT2D eigenvalue weighted by Gasteiger charge is -2.16. The molecule has 4 heteroatoms. The highest BCUT2D eigenvalue weighted by atomic mass is 16.4. The molecule has 0 aromatic carbocycles. The third-order valence-electron chi connectivity index (χ3n) is 4.52. The molecule has 1 aliphatic carbocycles. The Labute approximate surface area is 145 Å². The van der Waals surface area contributed by atoms with Crippen molar-refractivity contribution in [2.45, 2.75) is 71.1 Å². The van der Waals surface area contributed by atoms with E-state index in [-0.39, 0.29) is 24.0 Å². The number of carbonyl (C=O) groups excluding carboxylic acids is 2. The highest BCUT2D eigenvalue weighted by molar-refractivity contribution is 5.94. The predicted molar refractivity (Wildman–Crippen MR) is 94.8 cm³/mol. The highest BCUT2D eigenvalue weighted by Gasteiger charge is 2.28. The lowest BCUT2D eigenvalue weighted by atomic mass is 9.87. The number of hydrogen-bond donors (Lipinski definition) is 1. The average molecular weight is 334 g/mol. The first-order chi connectivity index (χ1) is 11.5. The summed E-state index contributed by atoms with van der Waals surface area (Å²) in [7, 11) is 0. The fourth-order valence-electron chi connectivity index (χ4n) is 3.03. The standard InChI is InChI=1S/C20H30O4/c1-2-3-6-9-17(21)14-12-16-13-15-19(22)18(16)10-7-4-5-8-11-20(23)24/h4,7,13,15-16,18H,2-3,5-6,8-12,14H2,1H3,(H,23,24)/b7-4-/t16-,18-/m0/s1. The second-order valence-electron chi connectivity index (χ2n) is 6.56. The molecule has 0 amide bonds. The van der Waals surface area contributed by atoms with Crippen LogP contribution in [0.2, 0.25) is 0 Å². The maximum absolute atomic E-state index is 12.0. The van der Waals surface area contributed by atoms with Gasteiger partial charge in [0.15, 0.2) is 5.78 Å². The van der Waals surface area contributed by atoms with Crippen LogP contribution in [0.1, 0.15) is 71.1 Å². The first-order valence-electron chi connectivity index (χ1n) is 9.15. The molecule has 134 valence electrons. The Balaban J connectivity index is 2.29. The van der Waals surface area contributed by atoms with Gasteiger partial charge in [-0.25, -0.2) is 0 Å². The number of allylic oxidation sites excluding steroid dienone is 4. The maximum Gasteiger partial charge on any atom is 0.303 e. The summed E-state index contributed by atoms with van der Waals surface area (Å²) < 4.78 is 0. The minimum Gasteiger partial charge on any atom is -0.481 e. The summed E-state index contributed by atoms with van der Waals surface area (Å²) in [4.78, 5) is 34.3. The Hall–Kier alpha value is -1.71. The fraction of sp³-hybridized carbons (Fsp3) is 0.650. The van der Waals surface area contributed by atoms with Gasteiger partial charge in [-0.1, -0.05) is 38.0 Å². The molecule has 0 unspecified atom stereocenters. The largest absolute Gasteiger partial charge is 0.481 e. The van der Waals surface area contributed by atoms with Gasteiger partial charge < -0.3 is 5.11 Å². The second kappa shape index (κ2) is 11.8. The maximum atomic E-state index is 12.0. The molecule has 0 saturated carbocycles. The van der Waals surface area contributed by atoms with Crippen LogP contribution >= 0.6 is 0 Å². The molecule has 0 heterocycles. The molecule has 0 fully saturated rings. The minimum atomic E-state index is -0.776. The van der Waals surface area contributed by atoms with Crippen LogP contribution < -0.4 is 0 Å². The van der Waals surface area contributed by atoms with Crippen molar-refractivity contribution in [1.82, 2.24) is 0 Å². The summed E-state index contributed by atoms with van der Waals surface area (Å²) in [6.45, 7) is 2.12. The van der Waals surface area contributed by atoms with Gasteiger partial charge in [-0.15, -0.1) is 0 Å². The Morgan fingerprint density at radius 3 is 2.62 bits per heavy atom. The average Bonchev–Trinajstić information content (AvgIpc) is 2.89. The molecule has 0 saturated heterocycles. The second-order valence-corrected chi connectivity index (χ2v) is 6.56. The smallest absolute Gasteiger partial charge is 0.303 e. The van der Waals surface area contributed by atoms with Gasteiger partial charge in [0.25, 0.3) is 0 Å². The van der Waals surface area contributed by atoms with E-state index in [2.05, 4.69) is 6.92 Å². The molecule has 4 nitrogen and oxygen atoms in total. The van der Waals surface area contributed by atoms with Gasteiger partial charge in [-0.2, -0.15) is 0 Å². The number of unbranched alkanes of at least 4 members (excludes halogenated alkanes) is 3. The SMILES string of the molecule is CCCCCC(=O)CC[C@H]1C=CC(=O)[C@H]1C/C=C\CCCC(=O)O. The predicted octanol–water partition coefficient (Wildman–Crippen LogP) is 4.49. The van der Waals surface area contributed by atoms with E-state index in [1.807, 2.05) is 18.2 Å². The van der Waals surface area contributed by atoms with Gasteiger partial charge in [0.1, 0.15) is 5.78 Å². The Bertz CT molecular complexity index is 476. The van der Waals surface area contributed by atoms with Crippen molar-refractivity contribution in [3.8, 4) is 0 Å². The summed E-state index contributed by atoms with van der Waals surface area (Å²) in [5.41, 5.74) is 0. The lowest BCUT2D eigenvalue weighted by Crippen LogP contribution is -2.16. The van der Waals surface area contributed by atoms with Crippen LogP contribution in [0.3, 0.4) is 0 Å². The molecule has 0 spiro atoms. The Kier molecular flexibility index (Phi) is 9.97. The van der Waals surface area contributed by atoms with E-state index in [0.29, 0.717) is 31.5 Å². The van der Waals surface area contributed by atoms with Crippen LogP contribution in [0, 0.1) is 11.8 Å². The third kappa shape index (κ3) is 8.23. The summed E-state index contributed by atoms with van der Waals surface area (Å²) in [6, 6.07) is 0. The van der Waals surface area contributed by atoms with Gasteiger partial charge in [0.05, 0.1) is 0 Å². The molecule has 0 aromatic rings. The molecule has 0 aliphatic heterocycles. The van der Waals surface area contributed by atoms with Gasteiger partial charge in [0, 0.05) is 25.2 Å². The van der Waals surface area contributed by atoms with Crippen molar-refractivity contribution in [2.24, 2.45) is 11.8 Å². The van der Waals surface area contributed by atoms with Crippen LogP contribution in [-0.4, -0.2) is 22.6 Å². The fourth-order valence-corrected chi connectivity index (χ4v) is 3.03. The quantitative estimate of drug-likeness (QED) is 0.398. The normalized spacial score (nSPS) is 20.1. The van der Waals surface area contributed by atoms with Gasteiger partial charge >= 0.3 is 5.97 Å². The van der Waals surface area contributed by atoms with E-state index < -0.39 is 5.97 Å². The van der Waals surface area contributed by atoms with Crippen molar-refractivity contribution in [1.29, 1.82) is 0 Å². The zero-order valence-electron chi connectivity index (χ0n) is 14.7. The third-order valence-corrected chi connectivity index (χ3v) is 4.52. The lowest BCUT2D eigenvalue weighted by molar-refractivity contribution is -0.137. The van der Waals surface area contributed by atoms with Crippen molar-refractivity contribution >= 4 is 17.5 Å². The molecule has 2 atom stereocenters. The van der Waals surface area contributed by atoms with E-state index in [4.69, 9.17) is 5.11 Å². The molecule has 0 radical (unpaired) electrons. The number of hydrogen-bond acceptors (Lipinski definition) is 3. The van der Waals surface area contributed by atoms with E-state index >= 15 is 0 Å². The summed E-state index contributed by atoms with van der Waals surface area (Å²) in [6.07, 6.45) is 14.9. The van der Waals surface area contributed by atoms with Crippen LogP contribution in [0.4, 0.5) is 0 Å². The number of Topliss-reactive ketones (excluding diaryl/α,β-unsaturated/α-hetero) is 1. The topological polar surface area (TPSA) is 71.4 Å². The number of aliphatic carboxylic acids is 1. The first-order valence-corrected chi connectivity index (χ1v) is 9.15. The molecular formula is C20H30O4. The monoisotopic (exact) mass is 334 g/mol. The summed E-state index contributed by atoms with van der Waals surface area (Å²) in [5, 5.41) is 8.58. The van der Waals surface area contributed by atoms with E-state index in [0.717, 1.165) is 32.1 Å². The highest BCUT2D eigenvalue weighted by Crippen LogP contribution is 2.30. The van der Waals surface area contributed by atoms with E-state index in [1.54, 1.807) is 6.08 Å². The molecule has 1 N–H and O–H groups in total. The number of carboxylic acid groups (broad SMARTS) is 1. The van der Waals surface area contributed by atoms with E-state index in [1.165, 1.54) is 0 Å². The Morgan fingerprint density at radius 1 is 1.12 bits per heavy atom. The van der Waals surface area contributed by atoms with Crippen molar-refractivity contribution in [3.05, 3.63) is 24.3 Å². The number of ketones is 2. The van der Waals surface area contributed by atoms with Gasteiger partial charge in [-0.05, 0) is 44.1 Å². The van der Waals surface area contributed by atoms with Crippen molar-refractivity contribution < 1.29 is 19.5 Å². The van der Waals surface area contributed by atoms with Crippen molar-refractivity contribution in [3.63, 3.8) is 0 Å². The van der Waals surface area contributed by atoms with Gasteiger partial charge in [0.2, 0.25) is 0 Å². The van der Waals surface area contributed by atoms with Gasteiger partial charge in [-0.3, -0.25) is 14.4 Å². The molecule has 0 bridgehead atoms. The molecule has 0 aromatic heterocycles. The van der Waals surface area contributed by atoms with Crippen LogP contribution in [0.15, 0.2) is 24.3 Å². The van der Waals surface area contributed by atoms with E-state index in [9.17, 15) is 14.4 Å². The molecule has 24 heavy (non-hydrogen) atoms. The molecular weight excluding hydrogens is 304 g/mol. The van der Waals surface area contributed by atoms with Crippen LogP contribution in [0.5, 0.6) is 0 Å². The number of rotatable bonds is 13. The van der Waals surface area contributed by atoms with Crippen molar-refractivity contribution in [2.75, 3.05) is 0 Å². The molecule has 1 aliphatic rings. The van der Waals surface area contributed by atoms with Crippen LogP contribution in [0.25, 0.3) is 0 Å². The summed E-state index contributed by atoms with van der Waals surface area (Å²) in [5.74, 6) is -0.213. The van der Waals surface area contributed by atoms with Crippen LogP contribution in [-0.2, 0) is 14.4 Å². The number of carbonyl (C=O) groups is 3. The zero-order valence-corrected chi connectivity index (χ0v) is 14.7. The summed E-state index contributed by atoms with van der Waals surface area (Å²) >= 11 is 0. The zero-order chi connectivity index (χ0) is 17.8. The molecule has 1 rings (SSSR count). The first kappa shape index (κ1) is 20.3.